The Morgan fingerprint density at radius 1 is 0.814 bits per heavy atom. The molecule has 3 rings (SSSR count). The maximum atomic E-state index is 12.5. The third-order valence-corrected chi connectivity index (χ3v) is 7.63. The largest absolute Gasteiger partial charge is 0.466 e. The molecule has 1 N–H and O–H groups in total. The summed E-state index contributed by atoms with van der Waals surface area (Å²) >= 11 is 0. The van der Waals surface area contributed by atoms with Crippen molar-refractivity contribution in [3.05, 3.63) is 36.0 Å². The van der Waals surface area contributed by atoms with E-state index in [9.17, 15) is 14.4 Å². The number of rotatable bonds is 18. The van der Waals surface area contributed by atoms with E-state index in [2.05, 4.69) is 43.2 Å². The van der Waals surface area contributed by atoms with Gasteiger partial charge in [0.1, 0.15) is 0 Å². The molecule has 3 aromatic rings. The Balaban J connectivity index is 1.34. The molecule has 1 aromatic carbocycles. The van der Waals surface area contributed by atoms with Crippen LogP contribution in [0.15, 0.2) is 30.3 Å². The molecule has 0 saturated heterocycles. The van der Waals surface area contributed by atoms with Crippen LogP contribution in [0.5, 0.6) is 0 Å². The number of carbonyl (C=O) groups excluding carboxylic acids is 3. The first kappa shape index (κ1) is 34.0. The van der Waals surface area contributed by atoms with E-state index in [4.69, 9.17) is 4.74 Å². The highest BCUT2D eigenvalue weighted by molar-refractivity contribution is 5.93. The summed E-state index contributed by atoms with van der Waals surface area (Å²) < 4.78 is 8.34. The Labute approximate surface area is 256 Å². The van der Waals surface area contributed by atoms with Crippen LogP contribution in [0.4, 0.5) is 5.69 Å². The molecule has 236 valence electrons. The van der Waals surface area contributed by atoms with Gasteiger partial charge in [0.2, 0.25) is 11.8 Å². The molecular weight excluding hydrogens is 542 g/mol. The average molecular weight is 594 g/mol. The van der Waals surface area contributed by atoms with Gasteiger partial charge in [0.25, 0.3) is 0 Å². The van der Waals surface area contributed by atoms with Crippen molar-refractivity contribution in [2.45, 2.75) is 130 Å². The summed E-state index contributed by atoms with van der Waals surface area (Å²) in [4.78, 5) is 37.0. The van der Waals surface area contributed by atoms with Crippen LogP contribution in [0.25, 0.3) is 17.0 Å². The van der Waals surface area contributed by atoms with E-state index in [0.29, 0.717) is 23.8 Å². The molecule has 9 nitrogen and oxygen atoms in total. The fourth-order valence-electron chi connectivity index (χ4n) is 5.04. The minimum atomic E-state index is -0.343. The van der Waals surface area contributed by atoms with Crippen LogP contribution < -0.4 is 5.32 Å². The number of hydrogen-bond acceptors (Lipinski definition) is 6. The number of amides is 1. The van der Waals surface area contributed by atoms with E-state index >= 15 is 0 Å². The summed E-state index contributed by atoms with van der Waals surface area (Å²) in [6.45, 7) is 10.3. The summed E-state index contributed by atoms with van der Waals surface area (Å²) in [6.07, 6.45) is 15.2. The third kappa shape index (κ3) is 10.9. The number of fused-ring (bicyclic) bond motifs is 1. The molecule has 0 atom stereocenters. The van der Waals surface area contributed by atoms with Crippen LogP contribution in [0.3, 0.4) is 0 Å². The first-order valence-electron chi connectivity index (χ1n) is 16.2. The van der Waals surface area contributed by atoms with Crippen molar-refractivity contribution in [3.63, 3.8) is 0 Å². The lowest BCUT2D eigenvalue weighted by atomic mass is 9.93. The summed E-state index contributed by atoms with van der Waals surface area (Å²) in [5, 5.41) is 11.9. The molecule has 1 amide bonds. The fourth-order valence-corrected chi connectivity index (χ4v) is 5.04. The molecule has 0 unspecified atom stereocenters. The Bertz CT molecular complexity index is 1320. The fraction of sp³-hybridized carbons (Fsp3) is 0.618. The number of nitrogens with one attached hydrogen (secondary N) is 1. The Hall–Kier alpha value is -3.49. The van der Waals surface area contributed by atoms with Crippen molar-refractivity contribution in [3.8, 4) is 11.4 Å². The summed E-state index contributed by atoms with van der Waals surface area (Å²) in [5.41, 5.74) is 2.60. The number of carbonyl (C=O) groups is 3. The number of anilines is 1. The number of esters is 1. The van der Waals surface area contributed by atoms with Gasteiger partial charge in [0.15, 0.2) is 11.5 Å². The standard InChI is InChI=1S/C34H51N5O4/c1-6-7-8-9-10-11-12-13-14-15-16-17-24-43-32(42)23-22-30(41)35-28-20-18-27(19-21-28)33-37-39-31(38(33)26(2)40)25-29(36-39)34(3,4)5/h18-21,25H,6-17,22-24H2,1-5H3,(H,35,41). The monoisotopic (exact) mass is 593 g/mol. The van der Waals surface area contributed by atoms with Crippen molar-refractivity contribution < 1.29 is 19.1 Å². The molecule has 0 aliphatic heterocycles. The summed E-state index contributed by atoms with van der Waals surface area (Å²) in [5.74, 6) is -0.289. The molecule has 43 heavy (non-hydrogen) atoms. The number of benzene rings is 1. The van der Waals surface area contributed by atoms with Gasteiger partial charge >= 0.3 is 5.97 Å². The van der Waals surface area contributed by atoms with E-state index in [0.717, 1.165) is 24.1 Å². The Morgan fingerprint density at radius 2 is 1.40 bits per heavy atom. The molecule has 9 heteroatoms. The molecule has 0 bridgehead atoms. The lowest BCUT2D eigenvalue weighted by Gasteiger charge is -2.13. The molecule has 2 aromatic heterocycles. The van der Waals surface area contributed by atoms with Crippen LogP contribution in [0.2, 0.25) is 0 Å². The lowest BCUT2D eigenvalue weighted by Crippen LogP contribution is -2.15. The van der Waals surface area contributed by atoms with Gasteiger partial charge in [-0.05, 0) is 30.7 Å². The van der Waals surface area contributed by atoms with Gasteiger partial charge in [-0.25, -0.2) is 4.57 Å². The smallest absolute Gasteiger partial charge is 0.306 e. The van der Waals surface area contributed by atoms with Gasteiger partial charge in [-0.1, -0.05) is 98.3 Å². The van der Waals surface area contributed by atoms with E-state index in [1.807, 2.05) is 6.07 Å². The number of aromatic nitrogens is 4. The molecule has 0 radical (unpaired) electrons. The van der Waals surface area contributed by atoms with Crippen LogP contribution in [0, 0.1) is 0 Å². The third-order valence-electron chi connectivity index (χ3n) is 7.63. The Morgan fingerprint density at radius 3 is 1.95 bits per heavy atom. The van der Waals surface area contributed by atoms with Crippen molar-refractivity contribution in [1.29, 1.82) is 0 Å². The van der Waals surface area contributed by atoms with Crippen LogP contribution >= 0.6 is 0 Å². The highest BCUT2D eigenvalue weighted by Gasteiger charge is 2.23. The van der Waals surface area contributed by atoms with Gasteiger partial charge in [0.05, 0.1) is 18.7 Å². The normalized spacial score (nSPS) is 11.7. The maximum Gasteiger partial charge on any atom is 0.306 e. The highest BCUT2D eigenvalue weighted by atomic mass is 16.5. The minimum absolute atomic E-state index is 0.0502. The van der Waals surface area contributed by atoms with Crippen molar-refractivity contribution in [2.24, 2.45) is 0 Å². The Kier molecular flexibility index (Phi) is 13.4. The SMILES string of the molecule is CCCCCCCCCCCCCCOC(=O)CCC(=O)Nc1ccc(-c2nn3nc(C(C)(C)C)cc3n2C(C)=O)cc1. The van der Waals surface area contributed by atoms with Crippen molar-refractivity contribution in [2.75, 3.05) is 11.9 Å². The topological polar surface area (TPSA) is 108 Å². The predicted molar refractivity (Wildman–Crippen MR) is 171 cm³/mol. The quantitative estimate of drug-likeness (QED) is 0.118. The first-order valence-corrected chi connectivity index (χ1v) is 16.2. The molecule has 2 heterocycles. The second-order valence-electron chi connectivity index (χ2n) is 12.5. The lowest BCUT2D eigenvalue weighted by molar-refractivity contribution is -0.144. The van der Waals surface area contributed by atoms with Crippen LogP contribution in [0.1, 0.15) is 135 Å². The summed E-state index contributed by atoms with van der Waals surface area (Å²) in [6, 6.07) is 8.98. The number of hydrogen-bond donors (Lipinski definition) is 1. The molecule has 0 aliphatic carbocycles. The zero-order valence-corrected chi connectivity index (χ0v) is 26.9. The molecule has 0 spiro atoms. The zero-order valence-electron chi connectivity index (χ0n) is 26.9. The molecule has 0 aliphatic rings. The van der Waals surface area contributed by atoms with Crippen molar-refractivity contribution in [1.82, 2.24) is 19.4 Å². The van der Waals surface area contributed by atoms with Crippen LogP contribution in [-0.2, 0) is 19.7 Å². The van der Waals surface area contributed by atoms with Gasteiger partial charge < -0.3 is 10.1 Å². The van der Waals surface area contributed by atoms with E-state index in [1.54, 1.807) is 28.8 Å². The highest BCUT2D eigenvalue weighted by Crippen LogP contribution is 2.26. The minimum Gasteiger partial charge on any atom is -0.466 e. The second kappa shape index (κ2) is 17.0. The maximum absolute atomic E-state index is 12.5. The molecule has 0 saturated carbocycles. The average Bonchev–Trinajstić information content (AvgIpc) is 3.54. The van der Waals surface area contributed by atoms with E-state index in [-0.39, 0.29) is 36.0 Å². The van der Waals surface area contributed by atoms with E-state index < -0.39 is 0 Å². The summed E-state index contributed by atoms with van der Waals surface area (Å²) in [7, 11) is 0. The van der Waals surface area contributed by atoms with E-state index in [1.165, 1.54) is 75.8 Å². The van der Waals surface area contributed by atoms with Gasteiger partial charge in [-0.2, -0.15) is 5.10 Å². The van der Waals surface area contributed by atoms with Gasteiger partial charge in [0, 0.05) is 36.1 Å². The van der Waals surface area contributed by atoms with Gasteiger partial charge in [-0.15, -0.1) is 9.73 Å². The van der Waals surface area contributed by atoms with Crippen molar-refractivity contribution >= 4 is 29.1 Å². The number of unbranched alkanes of at least 4 members (excludes halogenated alkanes) is 11. The van der Waals surface area contributed by atoms with Crippen LogP contribution in [-0.4, -0.2) is 43.8 Å². The number of ether oxygens (including phenoxy) is 1. The second-order valence-corrected chi connectivity index (χ2v) is 12.5. The first-order chi connectivity index (χ1) is 20.6. The molecular formula is C34H51N5O4. The zero-order chi connectivity index (χ0) is 31.2. The molecule has 0 fully saturated rings. The number of nitrogens with zero attached hydrogens (tertiary/aromatic N) is 4. The van der Waals surface area contributed by atoms with Gasteiger partial charge in [-0.3, -0.25) is 14.4 Å². The predicted octanol–water partition coefficient (Wildman–Crippen LogP) is 8.12.